The van der Waals surface area contributed by atoms with Gasteiger partial charge in [-0.25, -0.2) is 14.6 Å². The van der Waals surface area contributed by atoms with E-state index >= 15 is 0 Å². The van der Waals surface area contributed by atoms with E-state index in [4.69, 9.17) is 10.4 Å². The van der Waals surface area contributed by atoms with Crippen LogP contribution in [0.4, 0.5) is 5.69 Å². The average Bonchev–Trinajstić information content (AvgIpc) is 2.87. The number of anilines is 1. The van der Waals surface area contributed by atoms with E-state index in [1.165, 1.54) is 5.01 Å². The van der Waals surface area contributed by atoms with E-state index in [2.05, 4.69) is 10.3 Å². The van der Waals surface area contributed by atoms with E-state index in [1.54, 1.807) is 12.1 Å². The van der Waals surface area contributed by atoms with Gasteiger partial charge in [0.25, 0.3) is 11.8 Å². The lowest BCUT2D eigenvalue weighted by Crippen LogP contribution is -2.35. The van der Waals surface area contributed by atoms with Crippen LogP contribution in [-0.4, -0.2) is 34.1 Å². The van der Waals surface area contributed by atoms with Gasteiger partial charge >= 0.3 is 11.9 Å². The first-order valence-corrected chi connectivity index (χ1v) is 7.20. The molecule has 3 N–H and O–H groups in total. The summed E-state index contributed by atoms with van der Waals surface area (Å²) in [4.78, 5) is 45.3. The largest absolute Gasteiger partial charge is 0.473 e. The molecule has 24 heavy (non-hydrogen) atoms. The summed E-state index contributed by atoms with van der Waals surface area (Å²) in [6.45, 7) is 2.05. The minimum Gasteiger partial charge on any atom is -0.473 e. The Kier molecular flexibility index (Phi) is 7.37. The van der Waals surface area contributed by atoms with Crippen LogP contribution in [0.2, 0.25) is 0 Å². The fourth-order valence-corrected chi connectivity index (χ4v) is 1.98. The Labute approximate surface area is 137 Å². The van der Waals surface area contributed by atoms with Crippen LogP contribution in [0.1, 0.15) is 26.2 Å². The Balaban J connectivity index is 0.000000351. The molecule has 1 unspecified atom stereocenters. The third-order valence-electron chi connectivity index (χ3n) is 3.18. The lowest BCUT2D eigenvalue weighted by molar-refractivity contribution is -0.235. The molecule has 0 saturated carbocycles. The number of hydrazine groups is 1. The van der Waals surface area contributed by atoms with Crippen molar-refractivity contribution >= 4 is 29.4 Å². The molecular weight excluding hydrogens is 320 g/mol. The number of rotatable bonds is 4. The van der Waals surface area contributed by atoms with Crippen LogP contribution in [0.25, 0.3) is 0 Å². The Morgan fingerprint density at radius 2 is 1.88 bits per heavy atom. The molecule has 1 aromatic rings. The highest BCUT2D eigenvalue weighted by atomic mass is 17.1. The Morgan fingerprint density at radius 1 is 1.25 bits per heavy atom. The van der Waals surface area contributed by atoms with Gasteiger partial charge in [0.1, 0.15) is 5.92 Å². The van der Waals surface area contributed by atoms with E-state index in [0.717, 1.165) is 12.8 Å². The van der Waals surface area contributed by atoms with Crippen LogP contribution in [0.3, 0.4) is 0 Å². The molecular formula is C15H18N2O7. The summed E-state index contributed by atoms with van der Waals surface area (Å²) in [5.74, 6) is -4.35. The van der Waals surface area contributed by atoms with Crippen LogP contribution >= 0.6 is 0 Å². The molecule has 1 atom stereocenters. The molecule has 0 aliphatic carbocycles. The second-order valence-electron chi connectivity index (χ2n) is 4.86. The number of aliphatic carboxylic acids is 1. The summed E-state index contributed by atoms with van der Waals surface area (Å²) in [5.41, 5.74) is 3.34. The number of nitrogens with one attached hydrogen (secondary N) is 1. The van der Waals surface area contributed by atoms with Gasteiger partial charge in [-0.3, -0.25) is 19.9 Å². The number of benzene rings is 1. The van der Waals surface area contributed by atoms with Crippen molar-refractivity contribution in [3.63, 3.8) is 0 Å². The lowest BCUT2D eigenvalue weighted by Gasteiger charge is -2.14. The summed E-state index contributed by atoms with van der Waals surface area (Å²) < 4.78 is 0. The van der Waals surface area contributed by atoms with E-state index in [-0.39, 0.29) is 11.8 Å². The number of carboxylic acids is 1. The SMILES string of the molecule is CCCCC1C(=O)NN(c2ccccc2)C1=O.O=C(O)C(=O)OO. The van der Waals surface area contributed by atoms with Crippen LogP contribution in [0, 0.1) is 5.92 Å². The van der Waals surface area contributed by atoms with Crippen LogP contribution in [0.5, 0.6) is 0 Å². The molecule has 1 heterocycles. The van der Waals surface area contributed by atoms with E-state index in [0.29, 0.717) is 12.1 Å². The molecule has 2 rings (SSSR count). The van der Waals surface area contributed by atoms with E-state index < -0.39 is 17.9 Å². The fraction of sp³-hybridized carbons (Fsp3) is 0.333. The van der Waals surface area contributed by atoms with Crippen molar-refractivity contribution in [1.29, 1.82) is 0 Å². The summed E-state index contributed by atoms with van der Waals surface area (Å²) in [5, 5.41) is 16.2. The van der Waals surface area contributed by atoms with Crippen LogP contribution in [0.15, 0.2) is 30.3 Å². The number of para-hydroxylation sites is 1. The molecule has 0 aromatic heterocycles. The van der Waals surface area contributed by atoms with Crippen molar-refractivity contribution in [2.24, 2.45) is 5.92 Å². The maximum atomic E-state index is 12.1. The van der Waals surface area contributed by atoms with Gasteiger partial charge < -0.3 is 5.11 Å². The van der Waals surface area contributed by atoms with Gasteiger partial charge in [-0.05, 0) is 18.6 Å². The first-order valence-electron chi connectivity index (χ1n) is 7.20. The van der Waals surface area contributed by atoms with Crippen LogP contribution in [-0.2, 0) is 24.1 Å². The number of nitrogens with zero attached hydrogens (tertiary/aromatic N) is 1. The first-order chi connectivity index (χ1) is 11.4. The maximum absolute atomic E-state index is 12.1. The molecule has 1 fully saturated rings. The van der Waals surface area contributed by atoms with Gasteiger partial charge in [0.15, 0.2) is 0 Å². The Morgan fingerprint density at radius 3 is 2.33 bits per heavy atom. The van der Waals surface area contributed by atoms with Gasteiger partial charge in [0.05, 0.1) is 5.69 Å². The number of carbonyl (C=O) groups is 4. The molecule has 9 nitrogen and oxygen atoms in total. The fourth-order valence-electron chi connectivity index (χ4n) is 1.98. The first kappa shape index (κ1) is 19.1. The standard InChI is InChI=1S/C13H16N2O2.C2H2O5/c1-2-3-9-11-12(16)14-15(13(11)17)10-7-5-4-6-8-10;3-1(4)2(5)7-6/h4-8,11H,2-3,9H2,1H3,(H,14,16);6H,(H,3,4). The number of carbonyl (C=O) groups excluding carboxylic acids is 3. The molecule has 0 radical (unpaired) electrons. The number of amides is 2. The number of carboxylic acid groups (broad SMARTS) is 1. The van der Waals surface area contributed by atoms with Gasteiger partial charge in [-0.15, -0.1) is 0 Å². The Bertz CT molecular complexity index is 603. The number of hydrogen-bond donors (Lipinski definition) is 3. The summed E-state index contributed by atoms with van der Waals surface area (Å²) in [7, 11) is 0. The van der Waals surface area contributed by atoms with Crippen molar-refractivity contribution < 1.29 is 34.4 Å². The smallest absolute Gasteiger partial charge is 0.449 e. The molecule has 0 bridgehead atoms. The van der Waals surface area contributed by atoms with Crippen molar-refractivity contribution in [3.05, 3.63) is 30.3 Å². The van der Waals surface area contributed by atoms with Gasteiger partial charge in [-0.2, -0.15) is 5.26 Å². The van der Waals surface area contributed by atoms with Gasteiger partial charge in [0.2, 0.25) is 0 Å². The number of unbranched alkanes of at least 4 members (excludes halogenated alkanes) is 1. The van der Waals surface area contributed by atoms with Gasteiger partial charge in [0, 0.05) is 0 Å². The minimum absolute atomic E-state index is 0.144. The summed E-state index contributed by atoms with van der Waals surface area (Å²) >= 11 is 0. The number of hydrogen-bond acceptors (Lipinski definition) is 6. The highest BCUT2D eigenvalue weighted by molar-refractivity contribution is 6.28. The predicted molar refractivity (Wildman–Crippen MR) is 81.4 cm³/mol. The second-order valence-corrected chi connectivity index (χ2v) is 4.86. The minimum atomic E-state index is -1.82. The highest BCUT2D eigenvalue weighted by Crippen LogP contribution is 2.22. The molecule has 2 amide bonds. The topological polar surface area (TPSA) is 133 Å². The van der Waals surface area contributed by atoms with Gasteiger partial charge in [-0.1, -0.05) is 38.0 Å². The Hall–Kier alpha value is -2.94. The molecule has 1 aliphatic heterocycles. The zero-order valence-corrected chi connectivity index (χ0v) is 13.0. The summed E-state index contributed by atoms with van der Waals surface area (Å²) in [6, 6.07) is 9.17. The van der Waals surface area contributed by atoms with E-state index in [1.807, 2.05) is 25.1 Å². The van der Waals surface area contributed by atoms with Crippen molar-refractivity contribution in [2.75, 3.05) is 5.01 Å². The predicted octanol–water partition coefficient (Wildman–Crippen LogP) is 0.958. The quantitative estimate of drug-likeness (QED) is 0.322. The third kappa shape index (κ3) is 5.06. The van der Waals surface area contributed by atoms with Crippen molar-refractivity contribution in [2.45, 2.75) is 26.2 Å². The van der Waals surface area contributed by atoms with Crippen LogP contribution < -0.4 is 10.4 Å². The lowest BCUT2D eigenvalue weighted by atomic mass is 10.0. The molecule has 130 valence electrons. The monoisotopic (exact) mass is 338 g/mol. The normalized spacial score (nSPS) is 16.1. The molecule has 1 saturated heterocycles. The molecule has 1 aliphatic rings. The zero-order chi connectivity index (χ0) is 18.1. The third-order valence-corrected chi connectivity index (χ3v) is 3.18. The highest BCUT2D eigenvalue weighted by Gasteiger charge is 2.39. The molecule has 0 spiro atoms. The van der Waals surface area contributed by atoms with Crippen molar-refractivity contribution in [1.82, 2.24) is 5.43 Å². The molecule has 1 aromatic carbocycles. The summed E-state index contributed by atoms with van der Waals surface area (Å²) in [6.07, 6.45) is 2.51. The molecule has 9 heteroatoms. The maximum Gasteiger partial charge on any atom is 0.449 e. The van der Waals surface area contributed by atoms with Crippen molar-refractivity contribution in [3.8, 4) is 0 Å². The zero-order valence-electron chi connectivity index (χ0n) is 13.0. The average molecular weight is 338 g/mol. The second kappa shape index (κ2) is 9.26. The van der Waals surface area contributed by atoms with E-state index in [9.17, 15) is 19.2 Å².